The second kappa shape index (κ2) is 9.88. The van der Waals surface area contributed by atoms with Gasteiger partial charge in [-0.1, -0.05) is 30.3 Å². The number of esters is 1. The van der Waals surface area contributed by atoms with Crippen molar-refractivity contribution in [2.45, 2.75) is 13.5 Å². The van der Waals surface area contributed by atoms with E-state index < -0.39 is 12.1 Å². The molecule has 21 heavy (non-hydrogen) atoms. The van der Waals surface area contributed by atoms with Gasteiger partial charge >= 0.3 is 12.1 Å². The molecule has 6 heteroatoms. The van der Waals surface area contributed by atoms with Crippen LogP contribution in [0.25, 0.3) is 0 Å². The summed E-state index contributed by atoms with van der Waals surface area (Å²) in [4.78, 5) is 23.4. The largest absolute Gasteiger partial charge is 0.461 e. The zero-order valence-corrected chi connectivity index (χ0v) is 12.9. The summed E-state index contributed by atoms with van der Waals surface area (Å²) in [5.74, 6) is 0.0239. The summed E-state index contributed by atoms with van der Waals surface area (Å²) in [6.07, 6.45) is 2.82. The van der Waals surface area contributed by atoms with Crippen molar-refractivity contribution in [2.75, 3.05) is 18.6 Å². The molecule has 114 valence electrons. The molecule has 0 atom stereocenters. The molecule has 0 spiro atoms. The fourth-order valence-corrected chi connectivity index (χ4v) is 1.76. The number of carbonyl (C=O) groups excluding carboxylic acids is 2. The number of ether oxygens (including phenoxy) is 2. The first kappa shape index (κ1) is 17.1. The van der Waals surface area contributed by atoms with E-state index in [9.17, 15) is 9.59 Å². The highest BCUT2D eigenvalue weighted by Crippen LogP contribution is 2.03. The van der Waals surface area contributed by atoms with Gasteiger partial charge in [-0.05, 0) is 24.8 Å². The molecule has 0 radical (unpaired) electrons. The third kappa shape index (κ3) is 6.85. The smallest absolute Gasteiger partial charge is 0.412 e. The third-order valence-electron chi connectivity index (χ3n) is 2.40. The zero-order valence-electron chi connectivity index (χ0n) is 12.1. The lowest BCUT2D eigenvalue weighted by atomic mass is 10.2. The molecule has 0 fully saturated rings. The lowest BCUT2D eigenvalue weighted by molar-refractivity contribution is -0.138. The predicted molar refractivity (Wildman–Crippen MR) is 82.9 cm³/mol. The van der Waals surface area contributed by atoms with E-state index in [1.165, 1.54) is 11.8 Å². The highest BCUT2D eigenvalue weighted by molar-refractivity contribution is 7.98. The Balaban J connectivity index is 2.53. The number of nitrogens with one attached hydrogen (secondary N) is 1. The Bertz CT molecular complexity index is 488. The molecular formula is C15H19NO4S. The van der Waals surface area contributed by atoms with Gasteiger partial charge in [-0.25, -0.2) is 9.59 Å². The van der Waals surface area contributed by atoms with Gasteiger partial charge in [-0.15, -0.1) is 0 Å². The van der Waals surface area contributed by atoms with E-state index in [2.05, 4.69) is 5.32 Å². The van der Waals surface area contributed by atoms with Gasteiger partial charge in [0.2, 0.25) is 0 Å². The van der Waals surface area contributed by atoms with E-state index in [0.717, 1.165) is 5.56 Å². The van der Waals surface area contributed by atoms with Gasteiger partial charge in [0.1, 0.15) is 12.3 Å². The van der Waals surface area contributed by atoms with Crippen molar-refractivity contribution in [3.8, 4) is 0 Å². The average molecular weight is 309 g/mol. The molecule has 1 N–H and O–H groups in total. The second-order valence-electron chi connectivity index (χ2n) is 3.98. The molecule has 0 aliphatic carbocycles. The van der Waals surface area contributed by atoms with Crippen molar-refractivity contribution in [3.05, 3.63) is 47.7 Å². The third-order valence-corrected chi connectivity index (χ3v) is 2.90. The molecule has 0 aliphatic heterocycles. The van der Waals surface area contributed by atoms with Crippen LogP contribution in [0.3, 0.4) is 0 Å². The van der Waals surface area contributed by atoms with Crippen LogP contribution >= 0.6 is 11.8 Å². The molecular weight excluding hydrogens is 290 g/mol. The minimum atomic E-state index is -0.681. The lowest BCUT2D eigenvalue weighted by Crippen LogP contribution is -2.29. The van der Waals surface area contributed by atoms with Crippen LogP contribution in [0, 0.1) is 0 Å². The van der Waals surface area contributed by atoms with Gasteiger partial charge in [-0.2, -0.15) is 11.8 Å². The van der Waals surface area contributed by atoms with Crippen molar-refractivity contribution in [1.82, 2.24) is 5.32 Å². The first-order valence-electron chi connectivity index (χ1n) is 6.51. The molecule has 0 heterocycles. The number of amides is 1. The molecule has 0 aliphatic rings. The molecule has 0 saturated heterocycles. The molecule has 5 nitrogen and oxygen atoms in total. The van der Waals surface area contributed by atoms with Gasteiger partial charge in [0, 0.05) is 5.75 Å². The van der Waals surface area contributed by atoms with E-state index in [4.69, 9.17) is 9.47 Å². The maximum atomic E-state index is 11.7. The predicted octanol–water partition coefficient (Wildman–Crippen LogP) is 2.72. The van der Waals surface area contributed by atoms with Crippen LogP contribution < -0.4 is 5.32 Å². The van der Waals surface area contributed by atoms with Gasteiger partial charge in [0.05, 0.1) is 6.61 Å². The van der Waals surface area contributed by atoms with E-state index in [1.807, 2.05) is 36.6 Å². The number of hydrogen-bond donors (Lipinski definition) is 1. The van der Waals surface area contributed by atoms with Crippen LogP contribution in [0.5, 0.6) is 0 Å². The van der Waals surface area contributed by atoms with Crippen molar-refractivity contribution < 1.29 is 19.1 Å². The summed E-state index contributed by atoms with van der Waals surface area (Å²) < 4.78 is 9.94. The highest BCUT2D eigenvalue weighted by atomic mass is 32.2. The van der Waals surface area contributed by atoms with Crippen LogP contribution in [-0.4, -0.2) is 30.7 Å². The molecule has 1 amide bonds. The normalized spacial score (nSPS) is 10.9. The molecule has 0 aromatic heterocycles. The summed E-state index contributed by atoms with van der Waals surface area (Å²) in [5.41, 5.74) is 0.975. The van der Waals surface area contributed by atoms with E-state index in [-0.39, 0.29) is 18.9 Å². The summed E-state index contributed by atoms with van der Waals surface area (Å²) >= 11 is 1.53. The number of benzene rings is 1. The maximum absolute atomic E-state index is 11.7. The van der Waals surface area contributed by atoms with Crippen molar-refractivity contribution in [3.63, 3.8) is 0 Å². The van der Waals surface area contributed by atoms with Crippen LogP contribution in [0.2, 0.25) is 0 Å². The molecule has 1 aromatic rings. The van der Waals surface area contributed by atoms with E-state index in [0.29, 0.717) is 5.75 Å². The summed E-state index contributed by atoms with van der Waals surface area (Å²) in [6, 6.07) is 9.30. The minimum absolute atomic E-state index is 0.101. The quantitative estimate of drug-likeness (QED) is 0.620. The Morgan fingerprint density at radius 2 is 1.95 bits per heavy atom. The van der Waals surface area contributed by atoms with Crippen LogP contribution in [0.1, 0.15) is 12.5 Å². The van der Waals surface area contributed by atoms with E-state index in [1.54, 1.807) is 13.0 Å². The molecule has 1 rings (SSSR count). The van der Waals surface area contributed by atoms with Crippen molar-refractivity contribution in [1.29, 1.82) is 0 Å². The SMILES string of the molecule is CCOC(=O)/C(=C/CSC)NC(=O)OCc1ccccc1. The number of hydrogen-bond acceptors (Lipinski definition) is 5. The second-order valence-corrected chi connectivity index (χ2v) is 4.89. The Morgan fingerprint density at radius 1 is 1.24 bits per heavy atom. The van der Waals surface area contributed by atoms with Gasteiger partial charge in [-0.3, -0.25) is 5.32 Å². The summed E-state index contributed by atoms with van der Waals surface area (Å²) in [6.45, 7) is 2.10. The van der Waals surface area contributed by atoms with Gasteiger partial charge in [0.25, 0.3) is 0 Å². The van der Waals surface area contributed by atoms with Crippen LogP contribution in [-0.2, 0) is 20.9 Å². The first-order valence-corrected chi connectivity index (χ1v) is 7.90. The van der Waals surface area contributed by atoms with Crippen molar-refractivity contribution in [2.24, 2.45) is 0 Å². The highest BCUT2D eigenvalue weighted by Gasteiger charge is 2.14. The lowest BCUT2D eigenvalue weighted by Gasteiger charge is -2.10. The van der Waals surface area contributed by atoms with Crippen LogP contribution in [0.15, 0.2) is 42.1 Å². The van der Waals surface area contributed by atoms with Gasteiger partial charge in [0.15, 0.2) is 0 Å². The van der Waals surface area contributed by atoms with E-state index >= 15 is 0 Å². The summed E-state index contributed by atoms with van der Waals surface area (Å²) in [7, 11) is 0. The van der Waals surface area contributed by atoms with Gasteiger partial charge < -0.3 is 9.47 Å². The molecule has 0 bridgehead atoms. The number of rotatable bonds is 7. The summed E-state index contributed by atoms with van der Waals surface area (Å²) in [5, 5.41) is 2.42. The first-order chi connectivity index (χ1) is 10.2. The average Bonchev–Trinajstić information content (AvgIpc) is 2.50. The molecule has 0 saturated carbocycles. The number of carbonyl (C=O) groups is 2. The molecule has 1 aromatic carbocycles. The fraction of sp³-hybridized carbons (Fsp3) is 0.333. The Hall–Kier alpha value is -1.95. The maximum Gasteiger partial charge on any atom is 0.412 e. The van der Waals surface area contributed by atoms with Crippen molar-refractivity contribution >= 4 is 23.8 Å². The minimum Gasteiger partial charge on any atom is -0.461 e. The Labute approximate surface area is 128 Å². The van der Waals surface area contributed by atoms with Crippen LogP contribution in [0.4, 0.5) is 4.79 Å². The Morgan fingerprint density at radius 3 is 2.57 bits per heavy atom. The topological polar surface area (TPSA) is 64.6 Å². The fourth-order valence-electron chi connectivity index (χ4n) is 1.43. The Kier molecular flexibility index (Phi) is 8.04. The standard InChI is InChI=1S/C15H19NO4S/c1-3-19-14(17)13(9-10-21-2)16-15(18)20-11-12-7-5-4-6-8-12/h4-9H,3,10-11H2,1-2H3,(H,16,18)/b13-9-. The molecule has 0 unspecified atom stereocenters. The zero-order chi connectivity index (χ0) is 15.5. The monoisotopic (exact) mass is 309 g/mol. The number of alkyl carbamates (subject to hydrolysis) is 1. The number of thioether (sulfide) groups is 1.